The second-order valence-corrected chi connectivity index (χ2v) is 8.53. The number of esters is 1. The summed E-state index contributed by atoms with van der Waals surface area (Å²) in [6, 6.07) is 0. The van der Waals surface area contributed by atoms with Crippen LogP contribution in [0.4, 0.5) is 18.2 Å². The third-order valence-electron chi connectivity index (χ3n) is 5.13. The maximum Gasteiger partial charge on any atom is 0.411 e. The molecule has 2 aliphatic carbocycles. The molecule has 1 aromatic rings. The second kappa shape index (κ2) is 7.38. The quantitative estimate of drug-likeness (QED) is 0.702. The first-order valence-electron chi connectivity index (χ1n) is 8.94. The van der Waals surface area contributed by atoms with Crippen LogP contribution in [0.1, 0.15) is 53.4 Å². The average Bonchev–Trinajstić information content (AvgIpc) is 3.26. The molecular formula is C18H24F3NO3S. The molecular weight excluding hydrogens is 367 g/mol. The van der Waals surface area contributed by atoms with E-state index in [9.17, 15) is 18.0 Å². The lowest BCUT2D eigenvalue weighted by Gasteiger charge is -2.37. The predicted octanol–water partition coefficient (Wildman–Crippen LogP) is 4.36. The van der Waals surface area contributed by atoms with Gasteiger partial charge in [-0.3, -0.25) is 0 Å². The van der Waals surface area contributed by atoms with Crippen molar-refractivity contribution in [1.82, 2.24) is 0 Å². The van der Waals surface area contributed by atoms with Crippen LogP contribution in [0.15, 0.2) is 0 Å². The largest absolute Gasteiger partial charge is 0.462 e. The molecule has 0 aromatic carbocycles. The molecule has 4 nitrogen and oxygen atoms in total. The zero-order valence-corrected chi connectivity index (χ0v) is 15.6. The Morgan fingerprint density at radius 3 is 2.73 bits per heavy atom. The van der Waals surface area contributed by atoms with Gasteiger partial charge in [-0.25, -0.2) is 4.79 Å². The smallest absolute Gasteiger partial charge is 0.411 e. The van der Waals surface area contributed by atoms with Gasteiger partial charge in [-0.15, -0.1) is 11.3 Å². The fourth-order valence-electron chi connectivity index (χ4n) is 3.86. The number of anilines is 1. The van der Waals surface area contributed by atoms with Gasteiger partial charge in [0, 0.05) is 4.88 Å². The summed E-state index contributed by atoms with van der Waals surface area (Å²) < 4.78 is 47.6. The van der Waals surface area contributed by atoms with Crippen LogP contribution in [0.25, 0.3) is 0 Å². The molecule has 0 aliphatic heterocycles. The summed E-state index contributed by atoms with van der Waals surface area (Å²) in [5, 5.41) is 0.437. The Hall–Kier alpha value is -1.28. The molecule has 1 fully saturated rings. The van der Waals surface area contributed by atoms with E-state index >= 15 is 0 Å². The van der Waals surface area contributed by atoms with Gasteiger partial charge >= 0.3 is 12.1 Å². The molecule has 0 radical (unpaired) electrons. The Labute approximate surface area is 154 Å². The number of ether oxygens (including phenoxy) is 2. The van der Waals surface area contributed by atoms with Crippen LogP contribution in [0.2, 0.25) is 0 Å². The molecule has 1 atom stereocenters. The topological polar surface area (TPSA) is 61.5 Å². The van der Waals surface area contributed by atoms with E-state index < -0.39 is 18.8 Å². The number of halogens is 3. The molecule has 1 heterocycles. The highest BCUT2D eigenvalue weighted by molar-refractivity contribution is 7.16. The predicted molar refractivity (Wildman–Crippen MR) is 93.4 cm³/mol. The fourth-order valence-corrected chi connectivity index (χ4v) is 5.14. The Morgan fingerprint density at radius 1 is 1.38 bits per heavy atom. The van der Waals surface area contributed by atoms with Crippen molar-refractivity contribution in [1.29, 1.82) is 0 Å². The molecule has 2 aliphatic rings. The van der Waals surface area contributed by atoms with Crippen LogP contribution in [0.3, 0.4) is 0 Å². The van der Waals surface area contributed by atoms with E-state index in [0.717, 1.165) is 29.7 Å². The number of hydrogen-bond acceptors (Lipinski definition) is 5. The van der Waals surface area contributed by atoms with E-state index in [1.54, 1.807) is 6.92 Å². The first-order valence-corrected chi connectivity index (χ1v) is 9.76. The van der Waals surface area contributed by atoms with Crippen molar-refractivity contribution >= 4 is 22.3 Å². The Morgan fingerprint density at radius 2 is 2.12 bits per heavy atom. The molecule has 1 aromatic heterocycles. The minimum Gasteiger partial charge on any atom is -0.462 e. The normalized spacial score (nSPS) is 22.9. The lowest BCUT2D eigenvalue weighted by Crippen LogP contribution is -2.35. The van der Waals surface area contributed by atoms with E-state index in [1.807, 2.05) is 0 Å². The SMILES string of the molecule is CCOC(=O)c1c(N)sc2c1CCC(COCC(F)(F)F)(CC1CC1)C2. The van der Waals surface area contributed by atoms with E-state index in [2.05, 4.69) is 0 Å². The van der Waals surface area contributed by atoms with Crippen molar-refractivity contribution in [2.45, 2.75) is 51.6 Å². The number of nitrogens with two attached hydrogens (primary N) is 1. The van der Waals surface area contributed by atoms with Gasteiger partial charge in [-0.2, -0.15) is 13.2 Å². The average molecular weight is 391 g/mol. The number of alkyl halides is 3. The molecule has 146 valence electrons. The van der Waals surface area contributed by atoms with E-state index in [1.165, 1.54) is 11.3 Å². The highest BCUT2D eigenvalue weighted by Gasteiger charge is 2.42. The molecule has 26 heavy (non-hydrogen) atoms. The summed E-state index contributed by atoms with van der Waals surface area (Å²) in [6.07, 6.45) is 0.770. The summed E-state index contributed by atoms with van der Waals surface area (Å²) in [4.78, 5) is 13.2. The van der Waals surface area contributed by atoms with Crippen LogP contribution in [-0.4, -0.2) is 32.0 Å². The molecule has 0 spiro atoms. The van der Waals surface area contributed by atoms with Crippen molar-refractivity contribution in [3.8, 4) is 0 Å². The van der Waals surface area contributed by atoms with Gasteiger partial charge < -0.3 is 15.2 Å². The number of nitrogen functional groups attached to an aromatic ring is 1. The maximum absolute atomic E-state index is 12.5. The van der Waals surface area contributed by atoms with Gasteiger partial charge in [0.05, 0.1) is 18.8 Å². The van der Waals surface area contributed by atoms with Crippen LogP contribution in [0, 0.1) is 11.3 Å². The van der Waals surface area contributed by atoms with Gasteiger partial charge in [0.15, 0.2) is 0 Å². The highest BCUT2D eigenvalue weighted by atomic mass is 32.1. The monoisotopic (exact) mass is 391 g/mol. The van der Waals surface area contributed by atoms with E-state index in [4.69, 9.17) is 15.2 Å². The number of rotatable bonds is 7. The van der Waals surface area contributed by atoms with E-state index in [0.29, 0.717) is 35.7 Å². The van der Waals surface area contributed by atoms with E-state index in [-0.39, 0.29) is 18.6 Å². The van der Waals surface area contributed by atoms with Gasteiger partial charge in [0.2, 0.25) is 0 Å². The van der Waals surface area contributed by atoms with Crippen molar-refractivity contribution in [2.24, 2.45) is 11.3 Å². The van der Waals surface area contributed by atoms with Crippen molar-refractivity contribution in [2.75, 3.05) is 25.6 Å². The number of hydrogen-bond donors (Lipinski definition) is 1. The summed E-state index contributed by atoms with van der Waals surface area (Å²) >= 11 is 1.36. The molecule has 1 unspecified atom stereocenters. The summed E-state index contributed by atoms with van der Waals surface area (Å²) in [5.74, 6) is 0.165. The Balaban J connectivity index is 1.78. The zero-order chi connectivity index (χ0) is 18.9. The lowest BCUT2D eigenvalue weighted by atomic mass is 9.71. The van der Waals surface area contributed by atoms with Gasteiger partial charge in [-0.1, -0.05) is 12.8 Å². The molecule has 0 bridgehead atoms. The number of carbonyl (C=O) groups is 1. The molecule has 3 rings (SSSR count). The third-order valence-corrected chi connectivity index (χ3v) is 6.19. The van der Waals surface area contributed by atoms with Crippen LogP contribution in [0.5, 0.6) is 0 Å². The Kier molecular flexibility index (Phi) is 5.53. The van der Waals surface area contributed by atoms with Gasteiger partial charge in [0.1, 0.15) is 11.6 Å². The molecule has 1 saturated carbocycles. The second-order valence-electron chi connectivity index (χ2n) is 7.40. The number of thiophene rings is 1. The summed E-state index contributed by atoms with van der Waals surface area (Å²) in [7, 11) is 0. The van der Waals surface area contributed by atoms with Gasteiger partial charge in [-0.05, 0) is 49.5 Å². The highest BCUT2D eigenvalue weighted by Crippen LogP contribution is 2.50. The van der Waals surface area contributed by atoms with Crippen molar-refractivity contribution in [3.63, 3.8) is 0 Å². The number of carbonyl (C=O) groups excluding carboxylic acids is 1. The fraction of sp³-hybridized carbons (Fsp3) is 0.722. The standard InChI is InChI=1S/C18H24F3NO3S/c1-2-25-16(23)14-12-5-6-17(7-11-3-4-11,8-13(12)26-15(14)22)9-24-10-18(19,20)21/h11H,2-10,22H2,1H3. The van der Waals surface area contributed by atoms with Crippen LogP contribution >= 0.6 is 11.3 Å². The third kappa shape index (κ3) is 4.52. The van der Waals surface area contributed by atoms with Crippen molar-refractivity contribution < 1.29 is 27.4 Å². The number of fused-ring (bicyclic) bond motifs is 1. The summed E-state index contributed by atoms with van der Waals surface area (Å²) in [6.45, 7) is 0.896. The summed E-state index contributed by atoms with van der Waals surface area (Å²) in [5.41, 5.74) is 7.10. The lowest BCUT2D eigenvalue weighted by molar-refractivity contribution is -0.182. The molecule has 0 amide bonds. The minimum absolute atomic E-state index is 0.0923. The minimum atomic E-state index is -4.31. The van der Waals surface area contributed by atoms with Crippen molar-refractivity contribution in [3.05, 3.63) is 16.0 Å². The van der Waals surface area contributed by atoms with Crippen LogP contribution < -0.4 is 5.73 Å². The molecule has 2 N–H and O–H groups in total. The maximum atomic E-state index is 12.5. The first kappa shape index (κ1) is 19.5. The zero-order valence-electron chi connectivity index (χ0n) is 14.8. The first-order chi connectivity index (χ1) is 12.2. The van der Waals surface area contributed by atoms with Gasteiger partial charge in [0.25, 0.3) is 0 Å². The molecule has 8 heteroatoms. The molecule has 0 saturated heterocycles. The Bertz CT molecular complexity index is 669. The van der Waals surface area contributed by atoms with Crippen LogP contribution in [-0.2, 0) is 22.3 Å².